The zero-order valence-electron chi connectivity index (χ0n) is 4.88. The van der Waals surface area contributed by atoms with Crippen LogP contribution in [0.4, 0.5) is 10.7 Å². The number of aromatic amines is 1. The topological polar surface area (TPSA) is 101 Å². The molecule has 0 unspecified atom stereocenters. The summed E-state index contributed by atoms with van der Waals surface area (Å²) in [6.07, 6.45) is 0. The number of H-pyrrole nitrogens is 1. The van der Waals surface area contributed by atoms with Crippen LogP contribution in [0.3, 0.4) is 0 Å². The third kappa shape index (κ3) is 1.38. The standard InChI is InChI=1S/C4H5N3O3/c5-4(9)6-3-1-2(8)7-10-3/h1H,(H,7,8)(H3,5,6,9). The SMILES string of the molecule is NC(=O)Nc1cc(=O)[nH]o1. The number of hydrogen-bond acceptors (Lipinski definition) is 3. The molecule has 0 saturated carbocycles. The smallest absolute Gasteiger partial charge is 0.319 e. The van der Waals surface area contributed by atoms with Crippen LogP contribution < -0.4 is 16.6 Å². The molecule has 0 aromatic carbocycles. The summed E-state index contributed by atoms with van der Waals surface area (Å²) in [5, 5.41) is 4.04. The molecular formula is C4H5N3O3. The predicted molar refractivity (Wildman–Crippen MR) is 32.5 cm³/mol. The van der Waals surface area contributed by atoms with Crippen molar-refractivity contribution in [1.29, 1.82) is 0 Å². The van der Waals surface area contributed by atoms with Crippen LogP contribution in [0.5, 0.6) is 0 Å². The number of urea groups is 1. The Hall–Kier alpha value is -1.72. The van der Waals surface area contributed by atoms with Gasteiger partial charge in [-0.3, -0.25) is 10.1 Å². The fourth-order valence-electron chi connectivity index (χ4n) is 0.466. The lowest BCUT2D eigenvalue weighted by molar-refractivity contribution is 0.258. The lowest BCUT2D eigenvalue weighted by Gasteiger charge is -1.90. The summed E-state index contributed by atoms with van der Waals surface area (Å²) < 4.78 is 4.43. The number of amides is 2. The zero-order chi connectivity index (χ0) is 7.56. The molecule has 4 N–H and O–H groups in total. The minimum absolute atomic E-state index is 0.0116. The highest BCUT2D eigenvalue weighted by Crippen LogP contribution is 1.97. The molecule has 1 rings (SSSR count). The third-order valence-electron chi connectivity index (χ3n) is 0.770. The van der Waals surface area contributed by atoms with Crippen LogP contribution in [-0.2, 0) is 0 Å². The molecule has 0 aliphatic rings. The Labute approximate surface area is 55.0 Å². The molecule has 0 atom stereocenters. The van der Waals surface area contributed by atoms with E-state index in [0.29, 0.717) is 0 Å². The van der Waals surface area contributed by atoms with E-state index in [9.17, 15) is 9.59 Å². The molecule has 0 aliphatic heterocycles. The van der Waals surface area contributed by atoms with Gasteiger partial charge < -0.3 is 10.3 Å². The Morgan fingerprint density at radius 1 is 1.80 bits per heavy atom. The first kappa shape index (κ1) is 6.40. The van der Waals surface area contributed by atoms with E-state index in [4.69, 9.17) is 5.73 Å². The van der Waals surface area contributed by atoms with Crippen molar-refractivity contribution < 1.29 is 9.32 Å². The summed E-state index contributed by atoms with van der Waals surface area (Å²) in [5.41, 5.74) is 4.28. The number of carbonyl (C=O) groups is 1. The predicted octanol–water partition coefficient (Wildman–Crippen LogP) is -0.541. The number of nitrogens with one attached hydrogen (secondary N) is 2. The molecular weight excluding hydrogens is 138 g/mol. The van der Waals surface area contributed by atoms with Crippen LogP contribution in [0.1, 0.15) is 0 Å². The van der Waals surface area contributed by atoms with Crippen molar-refractivity contribution in [2.45, 2.75) is 0 Å². The molecule has 0 aliphatic carbocycles. The Balaban J connectivity index is 2.76. The molecule has 10 heavy (non-hydrogen) atoms. The molecule has 1 aromatic heterocycles. The van der Waals surface area contributed by atoms with Gasteiger partial charge in [-0.25, -0.2) is 4.79 Å². The highest BCUT2D eigenvalue weighted by Gasteiger charge is 1.99. The second kappa shape index (κ2) is 2.26. The normalized spacial score (nSPS) is 9.20. The van der Waals surface area contributed by atoms with Gasteiger partial charge in [-0.15, -0.1) is 0 Å². The molecule has 54 valence electrons. The number of anilines is 1. The van der Waals surface area contributed by atoms with E-state index in [0.717, 1.165) is 6.07 Å². The zero-order valence-corrected chi connectivity index (χ0v) is 4.88. The fourth-order valence-corrected chi connectivity index (χ4v) is 0.466. The second-order valence-corrected chi connectivity index (χ2v) is 1.57. The van der Waals surface area contributed by atoms with E-state index in [1.165, 1.54) is 0 Å². The highest BCUT2D eigenvalue weighted by molar-refractivity contribution is 5.85. The van der Waals surface area contributed by atoms with Gasteiger partial charge in [0.2, 0.25) is 5.88 Å². The monoisotopic (exact) mass is 143 g/mol. The van der Waals surface area contributed by atoms with E-state index >= 15 is 0 Å². The lowest BCUT2D eigenvalue weighted by Crippen LogP contribution is -2.18. The molecule has 1 heterocycles. The van der Waals surface area contributed by atoms with Crippen molar-refractivity contribution in [2.24, 2.45) is 5.73 Å². The van der Waals surface area contributed by atoms with Crippen LogP contribution >= 0.6 is 0 Å². The van der Waals surface area contributed by atoms with Crippen molar-refractivity contribution in [3.8, 4) is 0 Å². The average Bonchev–Trinajstić information content (AvgIpc) is 2.13. The molecule has 2 amide bonds. The second-order valence-electron chi connectivity index (χ2n) is 1.57. The van der Waals surface area contributed by atoms with Crippen LogP contribution in [0, 0.1) is 0 Å². The third-order valence-corrected chi connectivity index (χ3v) is 0.770. The summed E-state index contributed by atoms with van der Waals surface area (Å²) in [6.45, 7) is 0. The van der Waals surface area contributed by atoms with Gasteiger partial charge in [0.25, 0.3) is 5.56 Å². The van der Waals surface area contributed by atoms with Gasteiger partial charge in [0.1, 0.15) is 0 Å². The minimum atomic E-state index is -0.775. The maximum absolute atomic E-state index is 10.3. The quantitative estimate of drug-likeness (QED) is 0.492. The maximum Gasteiger partial charge on any atom is 0.319 e. The van der Waals surface area contributed by atoms with Crippen molar-refractivity contribution in [1.82, 2.24) is 5.16 Å². The van der Waals surface area contributed by atoms with E-state index in [1.54, 1.807) is 0 Å². The molecule has 0 spiro atoms. The van der Waals surface area contributed by atoms with Gasteiger partial charge >= 0.3 is 6.03 Å². The number of aromatic nitrogens is 1. The van der Waals surface area contributed by atoms with Crippen LogP contribution in [0.15, 0.2) is 15.4 Å². The van der Waals surface area contributed by atoms with Crippen LogP contribution in [0.2, 0.25) is 0 Å². The van der Waals surface area contributed by atoms with Crippen molar-refractivity contribution in [3.05, 3.63) is 16.4 Å². The minimum Gasteiger partial charge on any atom is -0.361 e. The number of nitrogens with two attached hydrogens (primary N) is 1. The van der Waals surface area contributed by atoms with Gasteiger partial charge in [-0.1, -0.05) is 0 Å². The van der Waals surface area contributed by atoms with Crippen molar-refractivity contribution in [3.63, 3.8) is 0 Å². The summed E-state index contributed by atoms with van der Waals surface area (Å²) in [4.78, 5) is 20.4. The number of primary amides is 1. The van der Waals surface area contributed by atoms with Crippen LogP contribution in [0.25, 0.3) is 0 Å². The molecule has 0 saturated heterocycles. The molecule has 1 aromatic rings. The fraction of sp³-hybridized carbons (Fsp3) is 0. The maximum atomic E-state index is 10.3. The first-order valence-electron chi connectivity index (χ1n) is 2.43. The first-order valence-corrected chi connectivity index (χ1v) is 2.43. The molecule has 6 nitrogen and oxygen atoms in total. The number of hydrogen-bond donors (Lipinski definition) is 3. The Bertz CT molecular complexity index is 286. The first-order chi connectivity index (χ1) is 4.68. The molecule has 6 heteroatoms. The summed E-state index contributed by atoms with van der Waals surface area (Å²) in [6, 6.07) is 0.299. The molecule has 0 bridgehead atoms. The van der Waals surface area contributed by atoms with Crippen molar-refractivity contribution in [2.75, 3.05) is 5.32 Å². The van der Waals surface area contributed by atoms with Gasteiger partial charge in [0.15, 0.2) is 0 Å². The average molecular weight is 143 g/mol. The Morgan fingerprint density at radius 2 is 2.50 bits per heavy atom. The van der Waals surface area contributed by atoms with Gasteiger partial charge in [-0.2, -0.15) is 5.16 Å². The molecule has 0 fully saturated rings. The highest BCUT2D eigenvalue weighted by atomic mass is 16.5. The summed E-state index contributed by atoms with van der Waals surface area (Å²) in [7, 11) is 0. The van der Waals surface area contributed by atoms with E-state index in [1.807, 2.05) is 5.16 Å². The summed E-state index contributed by atoms with van der Waals surface area (Å²) in [5.74, 6) is 0.0116. The van der Waals surface area contributed by atoms with E-state index in [2.05, 4.69) is 9.84 Å². The van der Waals surface area contributed by atoms with E-state index < -0.39 is 11.6 Å². The Morgan fingerprint density at radius 3 is 2.90 bits per heavy atom. The van der Waals surface area contributed by atoms with Gasteiger partial charge in [0.05, 0.1) is 6.07 Å². The summed E-state index contributed by atoms with van der Waals surface area (Å²) >= 11 is 0. The largest absolute Gasteiger partial charge is 0.361 e. The van der Waals surface area contributed by atoms with Gasteiger partial charge in [-0.05, 0) is 0 Å². The van der Waals surface area contributed by atoms with Crippen molar-refractivity contribution >= 4 is 11.9 Å². The van der Waals surface area contributed by atoms with E-state index in [-0.39, 0.29) is 5.88 Å². The lowest BCUT2D eigenvalue weighted by atomic mass is 10.6. The van der Waals surface area contributed by atoms with Gasteiger partial charge in [0, 0.05) is 0 Å². The Kier molecular flexibility index (Phi) is 1.44. The number of carbonyl (C=O) groups excluding carboxylic acids is 1. The van der Waals surface area contributed by atoms with Crippen LogP contribution in [-0.4, -0.2) is 11.2 Å². The molecule has 0 radical (unpaired) electrons. The number of rotatable bonds is 1.